The first-order valence-electron chi connectivity index (χ1n) is 11.5. The van der Waals surface area contributed by atoms with Crippen molar-refractivity contribution in [2.45, 2.75) is 18.6 Å². The first kappa shape index (κ1) is 22.2. The zero-order valence-electron chi connectivity index (χ0n) is 19.0. The molecule has 35 heavy (non-hydrogen) atoms. The van der Waals surface area contributed by atoms with Crippen molar-refractivity contribution in [2.75, 3.05) is 5.32 Å². The number of hydrogen-bond acceptors (Lipinski definition) is 3. The molecule has 3 amide bonds. The Balaban J connectivity index is 1.32. The van der Waals surface area contributed by atoms with Crippen LogP contribution in [0.25, 0.3) is 0 Å². The number of rotatable bonds is 6. The summed E-state index contributed by atoms with van der Waals surface area (Å²) in [7, 11) is 0. The number of carbonyl (C=O) groups is 2. The molecule has 5 rings (SSSR count). The molecule has 174 valence electrons. The van der Waals surface area contributed by atoms with E-state index in [0.717, 1.165) is 16.7 Å². The molecular formula is C29H25N3O3. The van der Waals surface area contributed by atoms with Crippen molar-refractivity contribution in [1.82, 2.24) is 10.4 Å². The fourth-order valence-electron chi connectivity index (χ4n) is 4.27. The summed E-state index contributed by atoms with van der Waals surface area (Å²) in [5.74, 6) is -0.0318. The van der Waals surface area contributed by atoms with Gasteiger partial charge in [0.2, 0.25) is 5.91 Å². The summed E-state index contributed by atoms with van der Waals surface area (Å²) in [5, 5.41) is 4.28. The van der Waals surface area contributed by atoms with Crippen molar-refractivity contribution in [3.63, 3.8) is 0 Å². The first-order valence-corrected chi connectivity index (χ1v) is 11.5. The van der Waals surface area contributed by atoms with E-state index >= 15 is 0 Å². The van der Waals surface area contributed by atoms with Crippen LogP contribution in [0.1, 0.15) is 28.7 Å². The molecule has 6 nitrogen and oxygen atoms in total. The Bertz CT molecular complexity index is 1280. The van der Waals surface area contributed by atoms with Crippen LogP contribution in [0.15, 0.2) is 115 Å². The lowest BCUT2D eigenvalue weighted by Crippen LogP contribution is -2.42. The Morgan fingerprint density at radius 1 is 0.771 bits per heavy atom. The minimum atomic E-state index is -0.516. The van der Waals surface area contributed by atoms with Gasteiger partial charge in [0.1, 0.15) is 12.4 Å². The van der Waals surface area contributed by atoms with Crippen molar-refractivity contribution >= 4 is 17.6 Å². The highest BCUT2D eigenvalue weighted by atomic mass is 16.5. The number of ether oxygens (including phenoxy) is 1. The van der Waals surface area contributed by atoms with E-state index in [1.807, 2.05) is 103 Å². The molecule has 1 aliphatic heterocycles. The van der Waals surface area contributed by atoms with Crippen molar-refractivity contribution in [1.29, 1.82) is 0 Å². The third kappa shape index (κ3) is 5.01. The van der Waals surface area contributed by atoms with Crippen LogP contribution >= 0.6 is 0 Å². The highest BCUT2D eigenvalue weighted by Crippen LogP contribution is 2.40. The van der Waals surface area contributed by atoms with E-state index in [1.54, 1.807) is 12.1 Å². The minimum absolute atomic E-state index is 0.218. The molecule has 2 N–H and O–H groups in total. The second-order valence-electron chi connectivity index (χ2n) is 8.32. The highest BCUT2D eigenvalue weighted by Gasteiger charge is 2.45. The molecule has 0 radical (unpaired) electrons. The van der Waals surface area contributed by atoms with Crippen molar-refractivity contribution < 1.29 is 14.3 Å². The Kier molecular flexibility index (Phi) is 6.44. The molecule has 6 heteroatoms. The van der Waals surface area contributed by atoms with E-state index in [1.165, 1.54) is 5.01 Å². The third-order valence-corrected chi connectivity index (χ3v) is 5.98. The van der Waals surface area contributed by atoms with Gasteiger partial charge < -0.3 is 10.1 Å². The molecule has 4 aromatic carbocycles. The van der Waals surface area contributed by atoms with Crippen LogP contribution in [0.3, 0.4) is 0 Å². The SMILES string of the molecule is O=C1NN(C(=O)Nc2ccc(OCc3ccccc3)cc2)C(c2ccccc2)C1c1ccccc1. The van der Waals surface area contributed by atoms with Crippen LogP contribution in [-0.2, 0) is 11.4 Å². The van der Waals surface area contributed by atoms with Gasteiger partial charge in [-0.15, -0.1) is 0 Å². The number of carbonyl (C=O) groups excluding carboxylic acids is 2. The van der Waals surface area contributed by atoms with Gasteiger partial charge in [-0.25, -0.2) is 9.80 Å². The minimum Gasteiger partial charge on any atom is -0.489 e. The molecular weight excluding hydrogens is 438 g/mol. The zero-order chi connectivity index (χ0) is 24.0. The summed E-state index contributed by atoms with van der Waals surface area (Å²) in [6, 6.07) is 35.3. The van der Waals surface area contributed by atoms with E-state index in [2.05, 4.69) is 10.7 Å². The molecule has 0 bridgehead atoms. The van der Waals surface area contributed by atoms with Gasteiger partial charge in [-0.2, -0.15) is 0 Å². The number of hydrazine groups is 1. The van der Waals surface area contributed by atoms with E-state index in [0.29, 0.717) is 18.0 Å². The standard InChI is InChI=1S/C29H25N3O3/c33-28-26(22-12-6-2-7-13-22)27(23-14-8-3-9-15-23)32(31-28)29(34)30-24-16-18-25(19-17-24)35-20-21-10-4-1-5-11-21/h1-19,26-27H,20H2,(H,30,34)(H,31,33). The lowest BCUT2D eigenvalue weighted by atomic mass is 9.87. The second-order valence-corrected chi connectivity index (χ2v) is 8.32. The number of anilines is 1. The molecule has 0 spiro atoms. The van der Waals surface area contributed by atoms with Crippen molar-refractivity contribution in [2.24, 2.45) is 0 Å². The Labute approximate surface area is 204 Å². The molecule has 4 aromatic rings. The van der Waals surface area contributed by atoms with Crippen molar-refractivity contribution in [3.8, 4) is 5.75 Å². The average molecular weight is 464 g/mol. The van der Waals surface area contributed by atoms with Gasteiger partial charge in [0, 0.05) is 5.69 Å². The summed E-state index contributed by atoms with van der Waals surface area (Å²) in [6.45, 7) is 0.464. The summed E-state index contributed by atoms with van der Waals surface area (Å²) < 4.78 is 5.82. The first-order chi connectivity index (χ1) is 17.2. The zero-order valence-corrected chi connectivity index (χ0v) is 19.0. The fourth-order valence-corrected chi connectivity index (χ4v) is 4.27. The Morgan fingerprint density at radius 3 is 1.97 bits per heavy atom. The maximum atomic E-state index is 13.3. The molecule has 0 aliphatic carbocycles. The second kappa shape index (κ2) is 10.1. The Morgan fingerprint density at radius 2 is 1.34 bits per heavy atom. The van der Waals surface area contributed by atoms with Gasteiger partial charge >= 0.3 is 6.03 Å². The third-order valence-electron chi connectivity index (χ3n) is 5.98. The van der Waals surface area contributed by atoms with Gasteiger partial charge in [-0.3, -0.25) is 10.2 Å². The van der Waals surface area contributed by atoms with E-state index < -0.39 is 18.0 Å². The number of nitrogens with one attached hydrogen (secondary N) is 2. The summed E-state index contributed by atoms with van der Waals surface area (Å²) in [4.78, 5) is 26.3. The number of urea groups is 1. The van der Waals surface area contributed by atoms with Crippen LogP contribution in [0.5, 0.6) is 5.75 Å². The predicted octanol–water partition coefficient (Wildman–Crippen LogP) is 5.67. The largest absolute Gasteiger partial charge is 0.489 e. The monoisotopic (exact) mass is 463 g/mol. The van der Waals surface area contributed by atoms with E-state index in [-0.39, 0.29) is 5.91 Å². The van der Waals surface area contributed by atoms with Gasteiger partial charge in [0.05, 0.1) is 12.0 Å². The lowest BCUT2D eigenvalue weighted by molar-refractivity contribution is -0.121. The van der Waals surface area contributed by atoms with Crippen LogP contribution in [0, 0.1) is 0 Å². The van der Waals surface area contributed by atoms with Crippen LogP contribution < -0.4 is 15.5 Å². The van der Waals surface area contributed by atoms with Crippen LogP contribution in [0.2, 0.25) is 0 Å². The predicted molar refractivity (Wildman–Crippen MR) is 135 cm³/mol. The maximum Gasteiger partial charge on any atom is 0.341 e. The molecule has 0 saturated carbocycles. The molecule has 1 saturated heterocycles. The summed E-state index contributed by atoms with van der Waals surface area (Å²) in [6.07, 6.45) is 0. The quantitative estimate of drug-likeness (QED) is 0.387. The van der Waals surface area contributed by atoms with Crippen LogP contribution in [-0.4, -0.2) is 16.9 Å². The molecule has 2 atom stereocenters. The molecule has 1 fully saturated rings. The smallest absolute Gasteiger partial charge is 0.341 e. The van der Waals surface area contributed by atoms with Gasteiger partial charge in [0.25, 0.3) is 0 Å². The molecule has 1 heterocycles. The summed E-state index contributed by atoms with van der Waals surface area (Å²) in [5.41, 5.74) is 6.19. The molecule has 0 aromatic heterocycles. The van der Waals surface area contributed by atoms with Gasteiger partial charge in [-0.05, 0) is 41.0 Å². The average Bonchev–Trinajstić information content (AvgIpc) is 3.27. The molecule has 2 unspecified atom stereocenters. The normalized spacial score (nSPS) is 17.0. The fraction of sp³-hybridized carbons (Fsp3) is 0.103. The number of nitrogens with zero attached hydrogens (tertiary/aromatic N) is 1. The van der Waals surface area contributed by atoms with E-state index in [9.17, 15) is 9.59 Å². The Hall–Kier alpha value is -4.58. The van der Waals surface area contributed by atoms with E-state index in [4.69, 9.17) is 4.74 Å². The number of benzene rings is 4. The number of amides is 3. The molecule has 1 aliphatic rings. The van der Waals surface area contributed by atoms with Crippen molar-refractivity contribution in [3.05, 3.63) is 132 Å². The summed E-state index contributed by atoms with van der Waals surface area (Å²) >= 11 is 0. The lowest BCUT2D eigenvalue weighted by Gasteiger charge is -2.26. The van der Waals surface area contributed by atoms with Gasteiger partial charge in [-0.1, -0.05) is 91.0 Å². The highest BCUT2D eigenvalue weighted by molar-refractivity contribution is 5.96. The van der Waals surface area contributed by atoms with Crippen LogP contribution in [0.4, 0.5) is 10.5 Å². The maximum absolute atomic E-state index is 13.3. The van der Waals surface area contributed by atoms with Gasteiger partial charge in [0.15, 0.2) is 0 Å². The number of hydrogen-bond donors (Lipinski definition) is 2. The topological polar surface area (TPSA) is 70.7 Å².